The first-order valence-electron chi connectivity index (χ1n) is 22.0. The van der Waals surface area contributed by atoms with E-state index < -0.39 is 35.0 Å². The SMILES string of the molecule is CC1CC2C3CCC4=CC(=O)C=CC4(C)C3C(O)CC2(C)C1C(=O)COC(=O)CCCC(=O)OCC(=O)C1CCC2C3CCC4=CC(=O)C=CC4(C)C3C(O)CC12C. The van der Waals surface area contributed by atoms with Gasteiger partial charge in [-0.1, -0.05) is 57.9 Å². The maximum Gasteiger partial charge on any atom is 0.306 e. The van der Waals surface area contributed by atoms with E-state index >= 15 is 0 Å². The first-order chi connectivity index (χ1) is 27.4. The van der Waals surface area contributed by atoms with Gasteiger partial charge in [0.25, 0.3) is 0 Å². The molecule has 0 spiro atoms. The van der Waals surface area contributed by atoms with Crippen molar-refractivity contribution in [3.05, 3.63) is 47.6 Å². The molecule has 15 unspecified atom stereocenters. The normalized spacial score (nSPS) is 44.7. The summed E-state index contributed by atoms with van der Waals surface area (Å²) in [5.74, 6) is -1.11. The number of Topliss-reactive ketones (excluding diaryl/α,β-unsaturated/α-hetero) is 2. The number of aliphatic hydroxyl groups excluding tert-OH is 2. The molecule has 0 aromatic carbocycles. The lowest BCUT2D eigenvalue weighted by Gasteiger charge is -2.58. The Labute approximate surface area is 342 Å². The number of hydrogen-bond acceptors (Lipinski definition) is 10. The van der Waals surface area contributed by atoms with Crippen LogP contribution in [0.1, 0.15) is 112 Å². The number of carbonyl (C=O) groups is 6. The van der Waals surface area contributed by atoms with Crippen LogP contribution in [0.15, 0.2) is 47.6 Å². The molecule has 15 atom stereocenters. The summed E-state index contributed by atoms with van der Waals surface area (Å²) in [6, 6.07) is 0. The molecule has 8 aliphatic carbocycles. The van der Waals surface area contributed by atoms with Crippen LogP contribution in [0.4, 0.5) is 0 Å². The zero-order valence-electron chi connectivity index (χ0n) is 34.9. The average Bonchev–Trinajstić information content (AvgIpc) is 3.64. The smallest absolute Gasteiger partial charge is 0.306 e. The Hall–Kier alpha value is -3.50. The summed E-state index contributed by atoms with van der Waals surface area (Å²) in [6.07, 6.45) is 16.2. The number of aliphatic hydroxyl groups is 2. The summed E-state index contributed by atoms with van der Waals surface area (Å²) in [5, 5.41) is 23.3. The maximum absolute atomic E-state index is 13.8. The van der Waals surface area contributed by atoms with Crippen molar-refractivity contribution in [3.8, 4) is 0 Å². The molecule has 8 aliphatic rings. The predicted molar refractivity (Wildman–Crippen MR) is 213 cm³/mol. The van der Waals surface area contributed by atoms with Gasteiger partial charge in [0.15, 0.2) is 23.1 Å². The molecule has 58 heavy (non-hydrogen) atoms. The summed E-state index contributed by atoms with van der Waals surface area (Å²) in [5.41, 5.74) is 0.603. The Morgan fingerprint density at radius 2 is 1.19 bits per heavy atom. The van der Waals surface area contributed by atoms with Crippen LogP contribution in [0.3, 0.4) is 0 Å². The second kappa shape index (κ2) is 14.9. The van der Waals surface area contributed by atoms with Crippen LogP contribution in [-0.2, 0) is 38.2 Å². The summed E-state index contributed by atoms with van der Waals surface area (Å²) < 4.78 is 10.9. The minimum Gasteiger partial charge on any atom is -0.458 e. The molecule has 0 radical (unpaired) electrons. The molecule has 10 heteroatoms. The number of ether oxygens (including phenoxy) is 2. The number of esters is 2. The van der Waals surface area contributed by atoms with E-state index in [1.165, 1.54) is 0 Å². The van der Waals surface area contributed by atoms with Crippen LogP contribution >= 0.6 is 0 Å². The third-order valence-electron chi connectivity index (χ3n) is 17.6. The van der Waals surface area contributed by atoms with Gasteiger partial charge in [-0.15, -0.1) is 0 Å². The summed E-state index contributed by atoms with van der Waals surface area (Å²) >= 11 is 0. The van der Waals surface area contributed by atoms with E-state index in [1.807, 2.05) is 12.2 Å². The highest BCUT2D eigenvalue weighted by Gasteiger charge is 2.65. The Bertz CT molecular complexity index is 1910. The van der Waals surface area contributed by atoms with Gasteiger partial charge < -0.3 is 19.7 Å². The second-order valence-corrected chi connectivity index (χ2v) is 20.5. The van der Waals surface area contributed by atoms with Gasteiger partial charge in [0, 0.05) is 47.3 Å². The van der Waals surface area contributed by atoms with E-state index in [4.69, 9.17) is 9.47 Å². The molecule has 0 amide bonds. The number of carbonyl (C=O) groups excluding carboxylic acids is 6. The van der Waals surface area contributed by atoms with Gasteiger partial charge in [-0.05, 0) is 129 Å². The molecule has 0 aliphatic heterocycles. The van der Waals surface area contributed by atoms with Crippen molar-refractivity contribution in [2.24, 2.45) is 74.9 Å². The van der Waals surface area contributed by atoms with E-state index in [9.17, 15) is 39.0 Å². The molecule has 0 aromatic heterocycles. The minimum atomic E-state index is -0.627. The van der Waals surface area contributed by atoms with Crippen molar-refractivity contribution in [1.82, 2.24) is 0 Å². The molecule has 0 heterocycles. The monoisotopic (exact) mass is 798 g/mol. The molecular weight excluding hydrogens is 737 g/mol. The van der Waals surface area contributed by atoms with Gasteiger partial charge in [-0.3, -0.25) is 28.8 Å². The molecule has 8 rings (SSSR count). The van der Waals surface area contributed by atoms with E-state index in [1.54, 1.807) is 24.3 Å². The molecule has 0 aromatic rings. The molecule has 2 N–H and O–H groups in total. The quantitative estimate of drug-likeness (QED) is 0.236. The van der Waals surface area contributed by atoms with Crippen LogP contribution in [0.2, 0.25) is 0 Å². The van der Waals surface area contributed by atoms with Crippen LogP contribution in [0.25, 0.3) is 0 Å². The fourth-order valence-corrected chi connectivity index (χ4v) is 15.2. The van der Waals surface area contributed by atoms with Crippen molar-refractivity contribution in [2.75, 3.05) is 13.2 Å². The zero-order chi connectivity index (χ0) is 41.5. The lowest BCUT2D eigenvalue weighted by Crippen LogP contribution is -2.56. The highest BCUT2D eigenvalue weighted by atomic mass is 16.5. The minimum absolute atomic E-state index is 0.000426. The van der Waals surface area contributed by atoms with Gasteiger partial charge in [0.1, 0.15) is 13.2 Å². The van der Waals surface area contributed by atoms with Crippen molar-refractivity contribution in [3.63, 3.8) is 0 Å². The van der Waals surface area contributed by atoms with Gasteiger partial charge in [-0.25, -0.2) is 0 Å². The number of fused-ring (bicyclic) bond motifs is 10. The summed E-state index contributed by atoms with van der Waals surface area (Å²) in [4.78, 5) is 77.2. The fraction of sp³-hybridized carbons (Fsp3) is 0.708. The van der Waals surface area contributed by atoms with Gasteiger partial charge in [0.05, 0.1) is 12.2 Å². The number of ketones is 4. The van der Waals surface area contributed by atoms with Crippen molar-refractivity contribution >= 4 is 35.1 Å². The van der Waals surface area contributed by atoms with Crippen LogP contribution in [0, 0.1) is 74.9 Å². The Balaban J connectivity index is 0.791. The van der Waals surface area contributed by atoms with E-state index in [0.717, 1.165) is 49.7 Å². The van der Waals surface area contributed by atoms with Crippen LogP contribution < -0.4 is 0 Å². The fourth-order valence-electron chi connectivity index (χ4n) is 15.2. The molecule has 6 saturated carbocycles. The zero-order valence-corrected chi connectivity index (χ0v) is 34.9. The molecule has 0 saturated heterocycles. The summed E-state index contributed by atoms with van der Waals surface area (Å²) in [7, 11) is 0. The van der Waals surface area contributed by atoms with E-state index in [0.29, 0.717) is 19.3 Å². The number of allylic oxidation sites excluding steroid dienone is 8. The average molecular weight is 799 g/mol. The van der Waals surface area contributed by atoms with Gasteiger partial charge in [0.2, 0.25) is 0 Å². The lowest BCUT2D eigenvalue weighted by molar-refractivity contribution is -0.155. The first-order valence-corrected chi connectivity index (χ1v) is 22.0. The Morgan fingerprint density at radius 1 is 0.690 bits per heavy atom. The van der Waals surface area contributed by atoms with E-state index in [2.05, 4.69) is 34.6 Å². The van der Waals surface area contributed by atoms with Gasteiger partial charge >= 0.3 is 11.9 Å². The summed E-state index contributed by atoms with van der Waals surface area (Å²) in [6.45, 7) is 9.90. The van der Waals surface area contributed by atoms with Crippen LogP contribution in [0.5, 0.6) is 0 Å². The molecule has 314 valence electrons. The van der Waals surface area contributed by atoms with E-state index in [-0.39, 0.29) is 120 Å². The number of hydrogen-bond donors (Lipinski definition) is 2. The Morgan fingerprint density at radius 3 is 1.74 bits per heavy atom. The highest BCUT2D eigenvalue weighted by molar-refractivity contribution is 6.01. The van der Waals surface area contributed by atoms with Crippen molar-refractivity contribution in [2.45, 2.75) is 124 Å². The van der Waals surface area contributed by atoms with Gasteiger partial charge in [-0.2, -0.15) is 0 Å². The van der Waals surface area contributed by atoms with Crippen LogP contribution in [-0.4, -0.2) is 70.7 Å². The predicted octanol–water partition coefficient (Wildman–Crippen LogP) is 6.42. The Kier molecular flexibility index (Phi) is 10.6. The first kappa shape index (κ1) is 41.2. The largest absolute Gasteiger partial charge is 0.458 e. The third kappa shape index (κ3) is 6.58. The second-order valence-electron chi connectivity index (χ2n) is 20.5. The molecule has 0 bridgehead atoms. The topological polar surface area (TPSA) is 161 Å². The molecular formula is C48H62O10. The standard InChI is InChI=1S/C48H62O10/c1-26-19-35-32-12-10-28-21-30(50)16-18-46(28,3)44(32)37(52)23-48(35,5)42(26)39(54)25-58-41(56)8-6-7-40(55)57-24-38(53)34-14-13-33-31-11-9-27-20-29(49)15-17-45(27,2)43(31)36(51)22-47(33,34)4/h15-18,20-21,26,31-37,42-44,51-52H,6-14,19,22-25H2,1-5H3. The highest BCUT2D eigenvalue weighted by Crippen LogP contribution is 2.68. The third-order valence-corrected chi connectivity index (χ3v) is 17.6. The number of rotatable bonds is 10. The lowest BCUT2D eigenvalue weighted by atomic mass is 9.46. The molecule has 10 nitrogen and oxygen atoms in total. The maximum atomic E-state index is 13.8. The van der Waals surface area contributed by atoms with Crippen molar-refractivity contribution in [1.29, 1.82) is 0 Å². The van der Waals surface area contributed by atoms with Crippen molar-refractivity contribution < 1.29 is 48.5 Å². The molecule has 6 fully saturated rings.